The number of nitrogens with one attached hydrogen (secondary N) is 3. The number of anilines is 1. The Balaban J connectivity index is 1.55. The van der Waals surface area contributed by atoms with Gasteiger partial charge in [-0.3, -0.25) is 4.39 Å². The number of alkyl halides is 3. The van der Waals surface area contributed by atoms with Crippen LogP contribution in [0.25, 0.3) is 22.3 Å². The van der Waals surface area contributed by atoms with E-state index in [1.807, 2.05) is 0 Å². The second-order valence-electron chi connectivity index (χ2n) is 8.08. The molecule has 1 atom stereocenters. The van der Waals surface area contributed by atoms with Gasteiger partial charge in [0, 0.05) is 61.0 Å². The van der Waals surface area contributed by atoms with Crippen LogP contribution < -0.4 is 15.0 Å². The minimum Gasteiger partial charge on any atom is -0.434 e. The SMILES string of the molecule is FC[C@H](c1c(OC(F)F)ccc(F)c1Cl)c1c[nH]c2ncc(-c3cnc(N4CCNCC4)[nH]3)cc12. The van der Waals surface area contributed by atoms with Crippen LogP contribution in [0.5, 0.6) is 5.75 Å². The first-order valence-electron chi connectivity index (χ1n) is 10.9. The number of hydrogen-bond acceptors (Lipinski definition) is 5. The molecule has 0 radical (unpaired) electrons. The van der Waals surface area contributed by atoms with E-state index in [9.17, 15) is 17.6 Å². The number of aromatic amines is 2. The first kappa shape index (κ1) is 23.4. The number of fused-ring (bicyclic) bond motifs is 1. The van der Waals surface area contributed by atoms with Crippen LogP contribution >= 0.6 is 11.6 Å². The minimum atomic E-state index is -3.18. The van der Waals surface area contributed by atoms with Crippen molar-refractivity contribution in [3.8, 4) is 17.0 Å². The standard InChI is InChI=1S/C23H21ClF4N6O/c24-20-16(26)1-2-18(35-22(27)28)19(20)14(8-25)15-10-31-21-13(15)7-12(9-30-21)17-11-32-23(33-17)34-5-3-29-4-6-34/h1-2,7,9-11,14,22,29H,3-6,8H2,(H,30,31)(H,32,33)/t14-/m0/s1. The number of ether oxygens (including phenoxy) is 1. The second kappa shape index (κ2) is 9.74. The zero-order valence-electron chi connectivity index (χ0n) is 18.3. The maximum atomic E-state index is 14.4. The van der Waals surface area contributed by atoms with Crippen molar-refractivity contribution in [3.63, 3.8) is 0 Å². The highest BCUT2D eigenvalue weighted by Gasteiger charge is 2.28. The first-order valence-corrected chi connectivity index (χ1v) is 11.3. The van der Waals surface area contributed by atoms with Crippen LogP contribution in [0, 0.1) is 5.82 Å². The van der Waals surface area contributed by atoms with Crippen LogP contribution in [-0.2, 0) is 0 Å². The van der Waals surface area contributed by atoms with Gasteiger partial charge in [0.25, 0.3) is 0 Å². The quantitative estimate of drug-likeness (QED) is 0.311. The smallest absolute Gasteiger partial charge is 0.387 e. The molecule has 1 aliphatic rings. The Kier molecular flexibility index (Phi) is 6.52. The molecule has 0 spiro atoms. The lowest BCUT2D eigenvalue weighted by atomic mass is 9.91. The van der Waals surface area contributed by atoms with Gasteiger partial charge in [0.1, 0.15) is 23.9 Å². The van der Waals surface area contributed by atoms with Gasteiger partial charge in [-0.2, -0.15) is 8.78 Å². The topological polar surface area (TPSA) is 81.9 Å². The Morgan fingerprint density at radius 1 is 1.14 bits per heavy atom. The molecule has 0 bridgehead atoms. The lowest BCUT2D eigenvalue weighted by Gasteiger charge is -2.26. The molecule has 184 valence electrons. The summed E-state index contributed by atoms with van der Waals surface area (Å²) < 4.78 is 59.2. The van der Waals surface area contributed by atoms with Crippen LogP contribution in [-0.4, -0.2) is 59.4 Å². The van der Waals surface area contributed by atoms with E-state index in [0.29, 0.717) is 27.9 Å². The van der Waals surface area contributed by atoms with Crippen LogP contribution in [0.3, 0.4) is 0 Å². The van der Waals surface area contributed by atoms with Gasteiger partial charge in [-0.25, -0.2) is 14.4 Å². The molecule has 35 heavy (non-hydrogen) atoms. The minimum absolute atomic E-state index is 0.191. The maximum Gasteiger partial charge on any atom is 0.387 e. The highest BCUT2D eigenvalue weighted by molar-refractivity contribution is 6.31. The highest BCUT2D eigenvalue weighted by atomic mass is 35.5. The molecule has 12 heteroatoms. The summed E-state index contributed by atoms with van der Waals surface area (Å²) in [6, 6.07) is 3.71. The normalized spacial score (nSPS) is 15.2. The second-order valence-corrected chi connectivity index (χ2v) is 8.46. The molecule has 5 rings (SSSR count). The molecular weight excluding hydrogens is 488 g/mol. The number of aromatic nitrogens is 4. The number of pyridine rings is 1. The van der Waals surface area contributed by atoms with Crippen LogP contribution in [0.1, 0.15) is 17.0 Å². The summed E-state index contributed by atoms with van der Waals surface area (Å²) in [7, 11) is 0. The van der Waals surface area contributed by atoms with Crippen molar-refractivity contribution in [2.45, 2.75) is 12.5 Å². The van der Waals surface area contributed by atoms with E-state index < -0.39 is 30.0 Å². The van der Waals surface area contributed by atoms with Gasteiger partial charge in [-0.1, -0.05) is 11.6 Å². The third-order valence-corrected chi connectivity index (χ3v) is 6.42. The maximum absolute atomic E-state index is 14.4. The summed E-state index contributed by atoms with van der Waals surface area (Å²) in [5, 5.41) is 3.35. The Hall–Kier alpha value is -3.31. The van der Waals surface area contributed by atoms with Crippen molar-refractivity contribution >= 4 is 28.6 Å². The molecule has 1 saturated heterocycles. The summed E-state index contributed by atoms with van der Waals surface area (Å²) in [5.41, 5.74) is 2.04. The zero-order chi connectivity index (χ0) is 24.5. The molecule has 0 unspecified atom stereocenters. The molecular formula is C23H21ClF4N6O. The summed E-state index contributed by atoms with van der Waals surface area (Å²) in [6.07, 6.45) is 4.85. The number of rotatable bonds is 7. The Morgan fingerprint density at radius 2 is 1.94 bits per heavy atom. The third kappa shape index (κ3) is 4.53. The van der Waals surface area contributed by atoms with Gasteiger partial charge in [-0.05, 0) is 23.8 Å². The van der Waals surface area contributed by atoms with Crippen molar-refractivity contribution in [1.29, 1.82) is 0 Å². The molecule has 1 fully saturated rings. The summed E-state index contributed by atoms with van der Waals surface area (Å²) in [4.78, 5) is 17.3. The number of nitrogens with zero attached hydrogens (tertiary/aromatic N) is 3. The molecule has 7 nitrogen and oxygen atoms in total. The molecule has 0 amide bonds. The average molecular weight is 509 g/mol. The number of imidazole rings is 1. The van der Waals surface area contributed by atoms with E-state index in [4.69, 9.17) is 11.6 Å². The molecule has 3 aromatic heterocycles. The molecule has 4 heterocycles. The molecule has 0 aliphatic carbocycles. The Bertz CT molecular complexity index is 1340. The summed E-state index contributed by atoms with van der Waals surface area (Å²) in [5.74, 6) is -1.69. The van der Waals surface area contributed by atoms with E-state index in [0.717, 1.165) is 44.3 Å². The Labute approximate surface area is 202 Å². The van der Waals surface area contributed by atoms with Gasteiger partial charge in [-0.15, -0.1) is 0 Å². The van der Waals surface area contributed by atoms with Crippen molar-refractivity contribution in [1.82, 2.24) is 25.3 Å². The van der Waals surface area contributed by atoms with Crippen LogP contribution in [0.15, 0.2) is 36.8 Å². The van der Waals surface area contributed by atoms with Crippen LogP contribution in [0.2, 0.25) is 5.02 Å². The summed E-state index contributed by atoms with van der Waals surface area (Å²) >= 11 is 6.11. The lowest BCUT2D eigenvalue weighted by molar-refractivity contribution is -0.0506. The van der Waals surface area contributed by atoms with Gasteiger partial charge >= 0.3 is 6.61 Å². The molecule has 3 N–H and O–H groups in total. The fourth-order valence-electron chi connectivity index (χ4n) is 4.34. The monoisotopic (exact) mass is 508 g/mol. The van der Waals surface area contributed by atoms with Gasteiger partial charge in [0.2, 0.25) is 5.95 Å². The zero-order valence-corrected chi connectivity index (χ0v) is 19.0. The van der Waals surface area contributed by atoms with E-state index in [1.54, 1.807) is 18.5 Å². The number of benzene rings is 1. The van der Waals surface area contributed by atoms with E-state index in [1.165, 1.54) is 6.20 Å². The van der Waals surface area contributed by atoms with Crippen molar-refractivity contribution in [2.75, 3.05) is 37.8 Å². The van der Waals surface area contributed by atoms with E-state index in [-0.39, 0.29) is 11.3 Å². The van der Waals surface area contributed by atoms with Crippen LogP contribution in [0.4, 0.5) is 23.5 Å². The summed E-state index contributed by atoms with van der Waals surface area (Å²) in [6.45, 7) is -0.848. The van der Waals surface area contributed by atoms with E-state index in [2.05, 4.69) is 34.9 Å². The fraction of sp³-hybridized carbons (Fsp3) is 0.304. The first-order chi connectivity index (χ1) is 17.0. The van der Waals surface area contributed by atoms with Gasteiger partial charge < -0.3 is 24.9 Å². The van der Waals surface area contributed by atoms with Crippen molar-refractivity contribution in [2.24, 2.45) is 0 Å². The average Bonchev–Trinajstić information content (AvgIpc) is 3.51. The number of piperazine rings is 1. The predicted octanol–water partition coefficient (Wildman–Crippen LogP) is 4.86. The Morgan fingerprint density at radius 3 is 2.69 bits per heavy atom. The van der Waals surface area contributed by atoms with E-state index >= 15 is 0 Å². The number of halogens is 5. The highest BCUT2D eigenvalue weighted by Crippen LogP contribution is 2.42. The largest absolute Gasteiger partial charge is 0.434 e. The third-order valence-electron chi connectivity index (χ3n) is 6.04. The molecule has 4 aromatic rings. The number of H-pyrrole nitrogens is 2. The number of hydrogen-bond donors (Lipinski definition) is 3. The van der Waals surface area contributed by atoms with Crippen molar-refractivity contribution < 1.29 is 22.3 Å². The molecule has 0 saturated carbocycles. The molecule has 1 aliphatic heterocycles. The lowest BCUT2D eigenvalue weighted by Crippen LogP contribution is -2.44. The van der Waals surface area contributed by atoms with Gasteiger partial charge in [0.05, 0.1) is 16.9 Å². The van der Waals surface area contributed by atoms with Gasteiger partial charge in [0.15, 0.2) is 0 Å². The van der Waals surface area contributed by atoms with Crippen molar-refractivity contribution in [3.05, 3.63) is 58.8 Å². The molecule has 1 aromatic carbocycles. The predicted molar refractivity (Wildman–Crippen MR) is 125 cm³/mol. The fourth-order valence-corrected chi connectivity index (χ4v) is 4.63.